The topological polar surface area (TPSA) is 44.5 Å². The maximum Gasteiger partial charge on any atom is 1.00 e. The maximum atomic E-state index is 10.7. The molecule has 1 aromatic carbocycles. The summed E-state index contributed by atoms with van der Waals surface area (Å²) in [7, 11) is 0. The summed E-state index contributed by atoms with van der Waals surface area (Å²) in [6.45, 7) is 8.22. The van der Waals surface area contributed by atoms with Crippen LogP contribution in [0.1, 0.15) is 12.5 Å². The third kappa shape index (κ3) is 4.05. The Bertz CT molecular complexity index is 372. The van der Waals surface area contributed by atoms with Crippen molar-refractivity contribution in [2.75, 3.05) is 0 Å². The van der Waals surface area contributed by atoms with Gasteiger partial charge in [0.1, 0.15) is 5.97 Å². The molecule has 4 heteroatoms. The van der Waals surface area contributed by atoms with Crippen LogP contribution in [0.15, 0.2) is 30.3 Å². The first-order chi connectivity index (χ1) is 6.58. The first-order valence-corrected chi connectivity index (χ1v) is 4.22. The standard InChI is InChI=1S/C11H11NO2.K/c1-11(12-2,10(13)14)8-9-6-4-3-5-7-9;/h3-7H,8H2,1H3,(H,13,14);/q;+1/p-1. The number of rotatable bonds is 3. The van der Waals surface area contributed by atoms with Crippen LogP contribution in [0.25, 0.3) is 4.85 Å². The fraction of sp³-hybridized carbons (Fsp3) is 0.273. The Labute approximate surface area is 132 Å². The van der Waals surface area contributed by atoms with Gasteiger partial charge in [0, 0.05) is 6.92 Å². The van der Waals surface area contributed by atoms with Gasteiger partial charge in [-0.15, -0.1) is 0 Å². The number of benzene rings is 1. The first kappa shape index (κ1) is 14.8. The molecule has 72 valence electrons. The van der Waals surface area contributed by atoms with Crippen molar-refractivity contribution in [3.05, 3.63) is 47.3 Å². The van der Waals surface area contributed by atoms with Crippen molar-refractivity contribution in [2.45, 2.75) is 18.9 Å². The minimum Gasteiger partial charge on any atom is -0.542 e. The fourth-order valence-electron chi connectivity index (χ4n) is 1.15. The molecular weight excluding hydrogens is 217 g/mol. The predicted molar refractivity (Wildman–Crippen MR) is 50.2 cm³/mol. The molecule has 0 spiro atoms. The van der Waals surface area contributed by atoms with Crippen LogP contribution < -0.4 is 56.5 Å². The van der Waals surface area contributed by atoms with E-state index in [2.05, 4.69) is 4.85 Å². The van der Waals surface area contributed by atoms with Crippen LogP contribution >= 0.6 is 0 Å². The molecule has 0 fully saturated rings. The van der Waals surface area contributed by atoms with Gasteiger partial charge in [-0.05, 0) is 5.56 Å². The summed E-state index contributed by atoms with van der Waals surface area (Å²) in [4.78, 5) is 13.8. The zero-order valence-corrected chi connectivity index (χ0v) is 12.0. The van der Waals surface area contributed by atoms with Crippen LogP contribution in [0.2, 0.25) is 0 Å². The van der Waals surface area contributed by atoms with Gasteiger partial charge >= 0.3 is 51.4 Å². The Hall–Kier alpha value is -0.184. The Morgan fingerprint density at radius 1 is 1.47 bits per heavy atom. The average Bonchev–Trinajstić information content (AvgIpc) is 2.19. The number of carboxylic acid groups (broad SMARTS) is 1. The van der Waals surface area contributed by atoms with Gasteiger partial charge in [-0.25, -0.2) is 6.57 Å². The normalized spacial score (nSPS) is 13.1. The number of carbonyl (C=O) groups is 1. The molecule has 3 nitrogen and oxygen atoms in total. The van der Waals surface area contributed by atoms with E-state index < -0.39 is 11.5 Å². The minimum atomic E-state index is -1.46. The summed E-state index contributed by atoms with van der Waals surface area (Å²) in [6.07, 6.45) is 0.180. The Morgan fingerprint density at radius 3 is 2.40 bits per heavy atom. The molecule has 0 amide bonds. The second kappa shape index (κ2) is 6.41. The van der Waals surface area contributed by atoms with Gasteiger partial charge in [-0.2, -0.15) is 0 Å². The number of nitrogens with zero attached hydrogens (tertiary/aromatic N) is 1. The van der Waals surface area contributed by atoms with E-state index in [1.165, 1.54) is 6.92 Å². The van der Waals surface area contributed by atoms with Crippen molar-refractivity contribution >= 4 is 5.97 Å². The molecule has 1 rings (SSSR count). The van der Waals surface area contributed by atoms with Crippen LogP contribution in [0.4, 0.5) is 0 Å². The zero-order valence-electron chi connectivity index (χ0n) is 8.86. The molecule has 0 aliphatic carbocycles. The molecule has 0 radical (unpaired) electrons. The van der Waals surface area contributed by atoms with Crippen LogP contribution in [-0.4, -0.2) is 11.5 Å². The zero-order chi connectivity index (χ0) is 10.6. The monoisotopic (exact) mass is 227 g/mol. The Kier molecular flexibility index (Phi) is 6.33. The third-order valence-corrected chi connectivity index (χ3v) is 2.08. The average molecular weight is 227 g/mol. The van der Waals surface area contributed by atoms with E-state index in [0.717, 1.165) is 5.56 Å². The molecule has 0 saturated carbocycles. The van der Waals surface area contributed by atoms with Gasteiger partial charge in [-0.1, -0.05) is 30.3 Å². The molecule has 0 saturated heterocycles. The molecule has 0 aromatic heterocycles. The molecule has 1 unspecified atom stereocenters. The predicted octanol–water partition coefficient (Wildman–Crippen LogP) is -2.34. The van der Waals surface area contributed by atoms with Gasteiger partial charge in [0.2, 0.25) is 0 Å². The number of aliphatic carboxylic acids is 1. The summed E-state index contributed by atoms with van der Waals surface area (Å²) in [5.41, 5.74) is -0.628. The van der Waals surface area contributed by atoms with Crippen molar-refractivity contribution in [1.29, 1.82) is 0 Å². The van der Waals surface area contributed by atoms with Crippen LogP contribution in [0, 0.1) is 6.57 Å². The molecule has 0 aliphatic rings. The molecule has 1 aromatic rings. The number of hydrogen-bond acceptors (Lipinski definition) is 2. The Morgan fingerprint density at radius 2 is 2.00 bits per heavy atom. The van der Waals surface area contributed by atoms with E-state index in [9.17, 15) is 9.90 Å². The smallest absolute Gasteiger partial charge is 0.542 e. The summed E-state index contributed by atoms with van der Waals surface area (Å²) >= 11 is 0. The fourth-order valence-corrected chi connectivity index (χ4v) is 1.15. The van der Waals surface area contributed by atoms with Crippen LogP contribution in [0.5, 0.6) is 0 Å². The molecule has 0 N–H and O–H groups in total. The van der Waals surface area contributed by atoms with E-state index in [4.69, 9.17) is 6.57 Å². The van der Waals surface area contributed by atoms with Crippen LogP contribution in [-0.2, 0) is 11.2 Å². The summed E-state index contributed by atoms with van der Waals surface area (Å²) < 4.78 is 0. The summed E-state index contributed by atoms with van der Waals surface area (Å²) in [6, 6.07) is 9.07. The molecule has 15 heavy (non-hydrogen) atoms. The van der Waals surface area contributed by atoms with Gasteiger partial charge in [0.05, 0.1) is 6.42 Å². The molecular formula is C11H10KNO2. The van der Waals surface area contributed by atoms with Gasteiger partial charge < -0.3 is 14.7 Å². The van der Waals surface area contributed by atoms with E-state index >= 15 is 0 Å². The van der Waals surface area contributed by atoms with Gasteiger partial charge in [-0.3, -0.25) is 0 Å². The number of carboxylic acids is 1. The molecule has 0 bridgehead atoms. The maximum absolute atomic E-state index is 10.7. The quantitative estimate of drug-likeness (QED) is 0.429. The second-order valence-electron chi connectivity index (χ2n) is 3.34. The SMILES string of the molecule is [C-]#[N+]C(C)(Cc1ccccc1)C(=O)[O-].[K+]. The van der Waals surface area contributed by atoms with Gasteiger partial charge in [0.15, 0.2) is 0 Å². The van der Waals surface area contributed by atoms with Crippen molar-refractivity contribution in [1.82, 2.24) is 0 Å². The van der Waals surface area contributed by atoms with Crippen molar-refractivity contribution in [3.63, 3.8) is 0 Å². The van der Waals surface area contributed by atoms with E-state index in [-0.39, 0.29) is 57.8 Å². The minimum absolute atomic E-state index is 0. The van der Waals surface area contributed by atoms with E-state index in [1.807, 2.05) is 18.2 Å². The number of carbonyl (C=O) groups excluding carboxylic acids is 1. The largest absolute Gasteiger partial charge is 1.00 e. The summed E-state index contributed by atoms with van der Waals surface area (Å²) in [5, 5.41) is 10.7. The van der Waals surface area contributed by atoms with Crippen molar-refractivity contribution in [3.8, 4) is 0 Å². The number of hydrogen-bond donors (Lipinski definition) is 0. The van der Waals surface area contributed by atoms with Crippen LogP contribution in [0.3, 0.4) is 0 Å². The molecule has 0 heterocycles. The van der Waals surface area contributed by atoms with Gasteiger partial charge in [0.25, 0.3) is 5.54 Å². The molecule has 1 atom stereocenters. The van der Waals surface area contributed by atoms with E-state index in [1.54, 1.807) is 12.1 Å². The second-order valence-corrected chi connectivity index (χ2v) is 3.34. The third-order valence-electron chi connectivity index (χ3n) is 2.08. The van der Waals surface area contributed by atoms with Crippen molar-refractivity contribution in [2.24, 2.45) is 0 Å². The van der Waals surface area contributed by atoms with Crippen molar-refractivity contribution < 1.29 is 61.3 Å². The van der Waals surface area contributed by atoms with E-state index in [0.29, 0.717) is 0 Å². The first-order valence-electron chi connectivity index (χ1n) is 4.22. The summed E-state index contributed by atoms with van der Waals surface area (Å²) in [5.74, 6) is -1.32. The Balaban J connectivity index is 0.00000196. The molecule has 0 aliphatic heterocycles.